The largest absolute Gasteiger partial charge is 0.304 e. The van der Waals surface area contributed by atoms with E-state index in [1.807, 2.05) is 0 Å². The van der Waals surface area contributed by atoms with Crippen LogP contribution in [0.25, 0.3) is 0 Å². The van der Waals surface area contributed by atoms with Crippen molar-refractivity contribution in [2.75, 3.05) is 66.5 Å². The van der Waals surface area contributed by atoms with E-state index in [1.165, 1.54) is 47.9 Å². The Balaban J connectivity index is 1.34. The molecule has 4 aliphatic rings. The van der Waals surface area contributed by atoms with Crippen LogP contribution in [0, 0.1) is 0 Å². The van der Waals surface area contributed by atoms with E-state index in [-0.39, 0.29) is 5.78 Å². The molecule has 192 valence electrons. The maximum Gasteiger partial charge on any atom is 0.193 e. The number of nitrogens with zero attached hydrogens (tertiary/aromatic N) is 4. The van der Waals surface area contributed by atoms with Crippen molar-refractivity contribution in [1.29, 1.82) is 0 Å². The van der Waals surface area contributed by atoms with Crippen LogP contribution in [0.5, 0.6) is 0 Å². The van der Waals surface area contributed by atoms with Crippen molar-refractivity contribution < 1.29 is 4.79 Å². The van der Waals surface area contributed by atoms with Gasteiger partial charge in [-0.15, -0.1) is 0 Å². The van der Waals surface area contributed by atoms with E-state index in [1.54, 1.807) is 0 Å². The molecular formula is C31H42N4O. The van der Waals surface area contributed by atoms with Crippen LogP contribution in [0.2, 0.25) is 0 Å². The highest BCUT2D eigenvalue weighted by atomic mass is 16.1. The maximum absolute atomic E-state index is 14.4. The number of ketones is 1. The number of rotatable bonds is 8. The lowest BCUT2D eigenvalue weighted by atomic mass is 9.88. The molecule has 5 heteroatoms. The SMILES string of the molecule is CN1CCN(Cc2c(C(=O)c3cccc(C4CC4)c3CN3CCN(C)CC3)cccc2C2CC2)CC1. The van der Waals surface area contributed by atoms with Crippen molar-refractivity contribution in [3.63, 3.8) is 0 Å². The summed E-state index contributed by atoms with van der Waals surface area (Å²) in [6.07, 6.45) is 5.05. The van der Waals surface area contributed by atoms with Crippen LogP contribution < -0.4 is 0 Å². The predicted octanol–water partition coefficient (Wildman–Crippen LogP) is 4.17. The van der Waals surface area contributed by atoms with Crippen molar-refractivity contribution in [1.82, 2.24) is 19.6 Å². The summed E-state index contributed by atoms with van der Waals surface area (Å²) in [6.45, 7) is 10.5. The predicted molar refractivity (Wildman–Crippen MR) is 146 cm³/mol. The molecule has 0 radical (unpaired) electrons. The monoisotopic (exact) mass is 486 g/mol. The molecule has 0 N–H and O–H groups in total. The van der Waals surface area contributed by atoms with Crippen LogP contribution in [0.3, 0.4) is 0 Å². The molecule has 2 aromatic rings. The van der Waals surface area contributed by atoms with Crippen LogP contribution >= 0.6 is 0 Å². The molecule has 2 heterocycles. The highest BCUT2D eigenvalue weighted by molar-refractivity contribution is 6.11. The zero-order valence-corrected chi connectivity index (χ0v) is 22.2. The molecule has 0 atom stereocenters. The smallest absolute Gasteiger partial charge is 0.193 e. The minimum absolute atomic E-state index is 0.244. The van der Waals surface area contributed by atoms with E-state index in [0.29, 0.717) is 11.8 Å². The average molecular weight is 487 g/mol. The Labute approximate surface area is 217 Å². The number of benzene rings is 2. The summed E-state index contributed by atoms with van der Waals surface area (Å²) in [5.41, 5.74) is 7.36. The van der Waals surface area contributed by atoms with E-state index in [4.69, 9.17) is 0 Å². The van der Waals surface area contributed by atoms with Gasteiger partial charge in [0.25, 0.3) is 0 Å². The molecule has 2 aliphatic carbocycles. The molecule has 2 aliphatic heterocycles. The van der Waals surface area contributed by atoms with Gasteiger partial charge in [0.2, 0.25) is 0 Å². The highest BCUT2D eigenvalue weighted by Crippen LogP contribution is 2.44. The minimum Gasteiger partial charge on any atom is -0.304 e. The first-order valence-electron chi connectivity index (χ1n) is 14.2. The minimum atomic E-state index is 0.244. The topological polar surface area (TPSA) is 30.0 Å². The lowest BCUT2D eigenvalue weighted by Crippen LogP contribution is -2.44. The van der Waals surface area contributed by atoms with Gasteiger partial charge in [0.15, 0.2) is 5.78 Å². The van der Waals surface area contributed by atoms with E-state index in [9.17, 15) is 4.79 Å². The lowest BCUT2D eigenvalue weighted by Gasteiger charge is -2.34. The zero-order valence-electron chi connectivity index (χ0n) is 22.2. The molecule has 0 aromatic heterocycles. The Hall–Kier alpha value is -2.05. The Kier molecular flexibility index (Phi) is 7.00. The van der Waals surface area contributed by atoms with Crippen molar-refractivity contribution in [2.45, 2.75) is 50.6 Å². The molecule has 2 saturated heterocycles. The molecule has 5 nitrogen and oxygen atoms in total. The number of hydrogen-bond acceptors (Lipinski definition) is 5. The second-order valence-electron chi connectivity index (χ2n) is 11.8. The van der Waals surface area contributed by atoms with Crippen LogP contribution in [-0.2, 0) is 13.1 Å². The molecule has 2 saturated carbocycles. The Bertz CT molecular complexity index is 1000. The van der Waals surface area contributed by atoms with Gasteiger partial charge in [0.1, 0.15) is 0 Å². The molecule has 4 fully saturated rings. The molecule has 6 rings (SSSR count). The first kappa shape index (κ1) is 24.3. The Morgan fingerprint density at radius 1 is 0.639 bits per heavy atom. The molecule has 0 unspecified atom stereocenters. The number of hydrogen-bond donors (Lipinski definition) is 0. The van der Waals surface area contributed by atoms with Crippen LogP contribution in [0.4, 0.5) is 0 Å². The van der Waals surface area contributed by atoms with E-state index in [0.717, 1.165) is 76.6 Å². The summed E-state index contributed by atoms with van der Waals surface area (Å²) in [7, 11) is 4.42. The van der Waals surface area contributed by atoms with Gasteiger partial charge in [-0.05, 0) is 73.9 Å². The summed E-state index contributed by atoms with van der Waals surface area (Å²) in [5, 5.41) is 0. The second kappa shape index (κ2) is 10.4. The van der Waals surface area contributed by atoms with Crippen LogP contribution in [0.15, 0.2) is 36.4 Å². The number of piperazine rings is 2. The molecule has 2 aromatic carbocycles. The molecule has 0 spiro atoms. The third-order valence-electron chi connectivity index (χ3n) is 8.90. The van der Waals surface area contributed by atoms with Crippen molar-refractivity contribution in [3.05, 3.63) is 69.8 Å². The van der Waals surface area contributed by atoms with Crippen LogP contribution in [0.1, 0.15) is 75.7 Å². The Morgan fingerprint density at radius 3 is 1.39 bits per heavy atom. The number of carbonyl (C=O) groups excluding carboxylic acids is 1. The highest BCUT2D eigenvalue weighted by Gasteiger charge is 2.32. The van der Waals surface area contributed by atoms with Gasteiger partial charge in [-0.3, -0.25) is 14.6 Å². The third kappa shape index (κ3) is 5.31. The van der Waals surface area contributed by atoms with Gasteiger partial charge in [-0.1, -0.05) is 36.4 Å². The fourth-order valence-corrected chi connectivity index (χ4v) is 6.15. The van der Waals surface area contributed by atoms with Crippen molar-refractivity contribution in [3.8, 4) is 0 Å². The van der Waals surface area contributed by atoms with Gasteiger partial charge in [-0.25, -0.2) is 0 Å². The molecule has 36 heavy (non-hydrogen) atoms. The summed E-state index contributed by atoms with van der Waals surface area (Å²) >= 11 is 0. The molecular weight excluding hydrogens is 444 g/mol. The quantitative estimate of drug-likeness (QED) is 0.523. The van der Waals surface area contributed by atoms with Crippen molar-refractivity contribution >= 4 is 5.78 Å². The first-order valence-corrected chi connectivity index (χ1v) is 14.2. The fraction of sp³-hybridized carbons (Fsp3) is 0.581. The standard InChI is InChI=1S/C31H42N4O/c1-32-13-17-34(18-14-32)21-29-25(23-9-10-23)5-3-7-27(29)31(36)28-8-4-6-26(24-11-12-24)30(28)22-35-19-15-33(2)16-20-35/h3-8,23-24H,9-22H2,1-2H3. The van der Waals surface area contributed by atoms with E-state index < -0.39 is 0 Å². The van der Waals surface area contributed by atoms with Crippen molar-refractivity contribution in [2.24, 2.45) is 0 Å². The maximum atomic E-state index is 14.4. The molecule has 0 amide bonds. The van der Waals surface area contributed by atoms with Gasteiger partial charge < -0.3 is 9.80 Å². The summed E-state index contributed by atoms with van der Waals surface area (Å²) < 4.78 is 0. The lowest BCUT2D eigenvalue weighted by molar-refractivity contribution is 0.103. The molecule has 0 bridgehead atoms. The van der Waals surface area contributed by atoms with E-state index >= 15 is 0 Å². The van der Waals surface area contributed by atoms with Gasteiger partial charge >= 0.3 is 0 Å². The second-order valence-corrected chi connectivity index (χ2v) is 11.8. The number of carbonyl (C=O) groups is 1. The fourth-order valence-electron chi connectivity index (χ4n) is 6.15. The third-order valence-corrected chi connectivity index (χ3v) is 8.90. The van der Waals surface area contributed by atoms with Crippen LogP contribution in [-0.4, -0.2) is 91.8 Å². The first-order chi connectivity index (χ1) is 17.6. The van der Waals surface area contributed by atoms with Gasteiger partial charge in [-0.2, -0.15) is 0 Å². The normalized spacial score (nSPS) is 22.7. The Morgan fingerprint density at radius 2 is 1.03 bits per heavy atom. The summed E-state index contributed by atoms with van der Waals surface area (Å²) in [6, 6.07) is 13.1. The summed E-state index contributed by atoms with van der Waals surface area (Å²) in [5.74, 6) is 1.53. The van der Waals surface area contributed by atoms with Gasteiger partial charge in [0.05, 0.1) is 0 Å². The zero-order chi connectivity index (χ0) is 24.6. The van der Waals surface area contributed by atoms with E-state index in [2.05, 4.69) is 70.1 Å². The number of likely N-dealkylation sites (N-methyl/N-ethyl adjacent to an activating group) is 2. The average Bonchev–Trinajstić information content (AvgIpc) is 3.81. The van der Waals surface area contributed by atoms with Gasteiger partial charge in [0, 0.05) is 76.6 Å². The summed E-state index contributed by atoms with van der Waals surface area (Å²) in [4.78, 5) is 24.3.